The van der Waals surface area contributed by atoms with Gasteiger partial charge >= 0.3 is 5.97 Å². The van der Waals surface area contributed by atoms with Gasteiger partial charge in [-0.05, 0) is 60.2 Å². The van der Waals surface area contributed by atoms with Crippen LogP contribution in [-0.4, -0.2) is 54.2 Å². The standard InChI is InChI=1S/C29H35N7O6S/c30-23-8-3-21(4-9-23)18-43(41,42)36-25(10-5-19-13-15-33-16-14-19)29(40)35-24(11-12-26(37)38)28(39)34-17-20-1-6-22(7-2-20)27(31)32/h1-4,6-9,13-16,24-25,36H,5,10-12,17-18,30H2,(H3,31,32)(H,34,39)(H,35,40)(H,37,38)/t24-,25+/m0/s1. The van der Waals surface area contributed by atoms with E-state index in [1.165, 1.54) is 0 Å². The second kappa shape index (κ2) is 15.4. The SMILES string of the molecule is N=C(N)c1ccc(CNC(=O)[C@H](CCC(=O)O)NC(=O)[C@@H](CCc2ccncc2)NS(=O)(=O)Cc2ccc(N)cc2)cc1. The number of aliphatic carboxylic acids is 1. The molecule has 2 atom stereocenters. The molecule has 0 bridgehead atoms. The van der Waals surface area contributed by atoms with E-state index in [0.717, 1.165) is 5.56 Å². The Bertz CT molecular complexity index is 1520. The molecule has 0 saturated heterocycles. The molecule has 13 nitrogen and oxygen atoms in total. The number of pyridine rings is 1. The van der Waals surface area contributed by atoms with Crippen molar-refractivity contribution in [1.29, 1.82) is 5.41 Å². The van der Waals surface area contributed by atoms with Gasteiger partial charge in [-0.25, -0.2) is 13.1 Å². The maximum Gasteiger partial charge on any atom is 0.303 e. The zero-order valence-corrected chi connectivity index (χ0v) is 24.1. The van der Waals surface area contributed by atoms with Crippen molar-refractivity contribution in [2.24, 2.45) is 5.73 Å². The Labute approximate surface area is 249 Å². The zero-order valence-electron chi connectivity index (χ0n) is 23.3. The summed E-state index contributed by atoms with van der Waals surface area (Å²) in [6.07, 6.45) is 2.92. The Kier molecular flexibility index (Phi) is 11.7. The van der Waals surface area contributed by atoms with Gasteiger partial charge in [-0.3, -0.25) is 24.8 Å². The number of benzene rings is 2. The predicted molar refractivity (Wildman–Crippen MR) is 161 cm³/mol. The van der Waals surface area contributed by atoms with Crippen LogP contribution in [0.5, 0.6) is 0 Å². The van der Waals surface area contributed by atoms with Gasteiger partial charge in [0.25, 0.3) is 0 Å². The van der Waals surface area contributed by atoms with Crippen molar-refractivity contribution in [1.82, 2.24) is 20.3 Å². The van der Waals surface area contributed by atoms with Crippen LogP contribution >= 0.6 is 0 Å². The van der Waals surface area contributed by atoms with Crippen LogP contribution in [0.4, 0.5) is 5.69 Å². The first-order chi connectivity index (χ1) is 20.4. The van der Waals surface area contributed by atoms with Crippen LogP contribution in [0.3, 0.4) is 0 Å². The summed E-state index contributed by atoms with van der Waals surface area (Å²) in [4.78, 5) is 41.8. The molecule has 228 valence electrons. The number of hydrogen-bond acceptors (Lipinski definition) is 8. The van der Waals surface area contributed by atoms with Crippen molar-refractivity contribution in [3.05, 3.63) is 95.3 Å². The third-order valence-electron chi connectivity index (χ3n) is 6.46. The summed E-state index contributed by atoms with van der Waals surface area (Å²) in [5, 5.41) is 21.9. The number of rotatable bonds is 16. The highest BCUT2D eigenvalue weighted by atomic mass is 32.2. The van der Waals surface area contributed by atoms with Crippen LogP contribution in [0.2, 0.25) is 0 Å². The number of aryl methyl sites for hydroxylation is 1. The first kappa shape index (κ1) is 32.7. The average Bonchev–Trinajstić information content (AvgIpc) is 2.97. The quantitative estimate of drug-likeness (QED) is 0.0697. The molecular weight excluding hydrogens is 574 g/mol. The van der Waals surface area contributed by atoms with Crippen molar-refractivity contribution < 1.29 is 27.9 Å². The van der Waals surface area contributed by atoms with Crippen molar-refractivity contribution in [2.75, 3.05) is 5.73 Å². The molecule has 0 saturated carbocycles. The van der Waals surface area contributed by atoms with E-state index in [2.05, 4.69) is 20.3 Å². The Morgan fingerprint density at radius 2 is 1.49 bits per heavy atom. The van der Waals surface area contributed by atoms with Crippen LogP contribution in [-0.2, 0) is 43.1 Å². The fourth-order valence-corrected chi connectivity index (χ4v) is 5.49. The Hall–Kier alpha value is -4.82. The lowest BCUT2D eigenvalue weighted by molar-refractivity contribution is -0.138. The van der Waals surface area contributed by atoms with Gasteiger partial charge in [0.05, 0.1) is 5.75 Å². The number of hydrogen-bond donors (Lipinski definition) is 7. The van der Waals surface area contributed by atoms with Gasteiger partial charge in [-0.15, -0.1) is 0 Å². The monoisotopic (exact) mass is 609 g/mol. The van der Waals surface area contributed by atoms with Gasteiger partial charge in [-0.1, -0.05) is 36.4 Å². The normalized spacial score (nSPS) is 12.6. The smallest absolute Gasteiger partial charge is 0.303 e. The Balaban J connectivity index is 1.75. The van der Waals surface area contributed by atoms with Gasteiger partial charge in [-0.2, -0.15) is 0 Å². The van der Waals surface area contributed by atoms with Crippen molar-refractivity contribution in [2.45, 2.75) is 50.1 Å². The summed E-state index contributed by atoms with van der Waals surface area (Å²) in [5.74, 6) is -3.08. The lowest BCUT2D eigenvalue weighted by Crippen LogP contribution is -2.54. The summed E-state index contributed by atoms with van der Waals surface area (Å²) in [6, 6.07) is 13.9. The number of nitrogen functional groups attached to an aromatic ring is 2. The van der Waals surface area contributed by atoms with Crippen molar-refractivity contribution in [3.63, 3.8) is 0 Å². The lowest BCUT2D eigenvalue weighted by Gasteiger charge is -2.23. The molecule has 0 aliphatic heterocycles. The van der Waals surface area contributed by atoms with Gasteiger partial charge in [0.15, 0.2) is 0 Å². The fraction of sp³-hybridized carbons (Fsp3) is 0.276. The number of anilines is 1. The number of carbonyl (C=O) groups is 3. The molecule has 3 aromatic rings. The number of carboxylic acid groups (broad SMARTS) is 1. The van der Waals surface area contributed by atoms with E-state index in [1.54, 1.807) is 73.1 Å². The number of nitrogens with one attached hydrogen (secondary N) is 4. The summed E-state index contributed by atoms with van der Waals surface area (Å²) < 4.78 is 28.6. The number of carboxylic acids is 1. The van der Waals surface area contributed by atoms with E-state index in [9.17, 15) is 27.9 Å². The molecule has 0 unspecified atom stereocenters. The first-order valence-corrected chi connectivity index (χ1v) is 15.0. The van der Waals surface area contributed by atoms with Crippen LogP contribution < -0.4 is 26.8 Å². The molecule has 14 heteroatoms. The maximum atomic E-state index is 13.4. The number of amidine groups is 1. The molecule has 0 fully saturated rings. The molecule has 0 aliphatic carbocycles. The number of nitrogens with zero attached hydrogens (tertiary/aromatic N) is 1. The number of amides is 2. The molecule has 1 heterocycles. The molecule has 0 spiro atoms. The van der Waals surface area contributed by atoms with Crippen LogP contribution in [0.15, 0.2) is 73.1 Å². The zero-order chi connectivity index (χ0) is 31.4. The number of carbonyl (C=O) groups excluding carboxylic acids is 2. The molecule has 0 radical (unpaired) electrons. The lowest BCUT2D eigenvalue weighted by atomic mass is 10.0. The molecular formula is C29H35N7O6S. The molecule has 3 rings (SSSR count). The Morgan fingerprint density at radius 1 is 0.860 bits per heavy atom. The van der Waals surface area contributed by atoms with Crippen molar-refractivity contribution in [3.8, 4) is 0 Å². The van der Waals surface area contributed by atoms with E-state index in [-0.39, 0.29) is 25.2 Å². The molecule has 43 heavy (non-hydrogen) atoms. The molecule has 1 aromatic heterocycles. The maximum absolute atomic E-state index is 13.4. The fourth-order valence-electron chi connectivity index (χ4n) is 4.12. The minimum Gasteiger partial charge on any atom is -0.481 e. The van der Waals surface area contributed by atoms with Crippen LogP contribution in [0.1, 0.15) is 41.5 Å². The largest absolute Gasteiger partial charge is 0.481 e. The van der Waals surface area contributed by atoms with E-state index in [4.69, 9.17) is 16.9 Å². The topological polar surface area (TPSA) is 230 Å². The molecule has 0 aliphatic rings. The number of sulfonamides is 1. The Morgan fingerprint density at radius 3 is 2.09 bits per heavy atom. The van der Waals surface area contributed by atoms with E-state index in [1.807, 2.05) is 0 Å². The van der Waals surface area contributed by atoms with Crippen LogP contribution in [0.25, 0.3) is 0 Å². The second-order valence-corrected chi connectivity index (χ2v) is 11.6. The predicted octanol–water partition coefficient (Wildman–Crippen LogP) is 1.03. The van der Waals surface area contributed by atoms with Gasteiger partial charge < -0.3 is 27.2 Å². The van der Waals surface area contributed by atoms with Gasteiger partial charge in [0.1, 0.15) is 17.9 Å². The van der Waals surface area contributed by atoms with E-state index >= 15 is 0 Å². The summed E-state index contributed by atoms with van der Waals surface area (Å²) in [7, 11) is -4.02. The highest BCUT2D eigenvalue weighted by Crippen LogP contribution is 2.12. The highest BCUT2D eigenvalue weighted by molar-refractivity contribution is 7.88. The van der Waals surface area contributed by atoms with Crippen molar-refractivity contribution >= 4 is 39.3 Å². The summed E-state index contributed by atoms with van der Waals surface area (Å²) in [6.45, 7) is 0.0656. The third-order valence-corrected chi connectivity index (χ3v) is 7.81. The molecule has 9 N–H and O–H groups in total. The minimum absolute atomic E-state index is 0.0621. The average molecular weight is 610 g/mol. The molecule has 2 aromatic carbocycles. The van der Waals surface area contributed by atoms with Gasteiger partial charge in [0.2, 0.25) is 21.8 Å². The van der Waals surface area contributed by atoms with E-state index in [0.29, 0.717) is 28.8 Å². The van der Waals surface area contributed by atoms with E-state index < -0.39 is 52.1 Å². The van der Waals surface area contributed by atoms with Gasteiger partial charge in [0, 0.05) is 36.6 Å². The summed E-state index contributed by atoms with van der Waals surface area (Å²) >= 11 is 0. The van der Waals surface area contributed by atoms with Crippen LogP contribution in [0, 0.1) is 5.41 Å². The summed E-state index contributed by atoms with van der Waals surface area (Å²) in [5.41, 5.74) is 14.1. The number of aromatic nitrogens is 1. The minimum atomic E-state index is -4.02. The molecule has 2 amide bonds. The second-order valence-electron chi connectivity index (χ2n) is 9.89. The third kappa shape index (κ3) is 11.2. The number of nitrogens with two attached hydrogens (primary N) is 2. The highest BCUT2D eigenvalue weighted by Gasteiger charge is 2.29. The first-order valence-electron chi connectivity index (χ1n) is 13.4.